The first-order valence-electron chi connectivity index (χ1n) is 12.3. The van der Waals surface area contributed by atoms with E-state index in [1.165, 1.54) is 0 Å². The molecule has 2 aromatic heterocycles. The molecule has 1 saturated heterocycles. The van der Waals surface area contributed by atoms with Gasteiger partial charge in [0.1, 0.15) is 6.54 Å². The number of likely N-dealkylation sites (tertiary alicyclic amines) is 1. The third kappa shape index (κ3) is 5.72. The Labute approximate surface area is 211 Å². The molecule has 2 N–H and O–H groups in total. The van der Waals surface area contributed by atoms with Gasteiger partial charge in [-0.15, -0.1) is 0 Å². The Kier molecular flexibility index (Phi) is 6.81. The van der Waals surface area contributed by atoms with Crippen molar-refractivity contribution < 1.29 is 22.5 Å². The van der Waals surface area contributed by atoms with Crippen LogP contribution >= 0.6 is 0 Å². The minimum Gasteiger partial charge on any atom is -0.382 e. The Hall–Kier alpha value is -3.59. The Morgan fingerprint density at radius 3 is 2.81 bits per heavy atom. The van der Waals surface area contributed by atoms with Crippen molar-refractivity contribution in [2.45, 2.75) is 51.0 Å². The number of rotatable bonds is 8. The number of fused-ring (bicyclic) bond motifs is 1. The molecule has 1 aliphatic carbocycles. The van der Waals surface area contributed by atoms with Crippen LogP contribution in [0.15, 0.2) is 28.8 Å². The van der Waals surface area contributed by atoms with Crippen LogP contribution in [0.1, 0.15) is 31.6 Å². The van der Waals surface area contributed by atoms with E-state index in [0.717, 1.165) is 36.2 Å². The van der Waals surface area contributed by atoms with Crippen LogP contribution in [-0.2, 0) is 17.9 Å². The van der Waals surface area contributed by atoms with Crippen molar-refractivity contribution in [3.05, 3.63) is 30.2 Å². The van der Waals surface area contributed by atoms with E-state index >= 15 is 0 Å². The van der Waals surface area contributed by atoms with Gasteiger partial charge < -0.3 is 24.6 Å². The number of piperidine rings is 1. The first-order valence-corrected chi connectivity index (χ1v) is 12.3. The van der Waals surface area contributed by atoms with Gasteiger partial charge in [0.2, 0.25) is 17.6 Å². The zero-order valence-electron chi connectivity index (χ0n) is 20.4. The Morgan fingerprint density at radius 2 is 2.08 bits per heavy atom. The molecule has 1 amide bonds. The lowest BCUT2D eigenvalue weighted by atomic mass is 10.0. The summed E-state index contributed by atoms with van der Waals surface area (Å²) in [7, 11) is 2.07. The molecule has 0 spiro atoms. The average molecular weight is 516 g/mol. The molecule has 3 heterocycles. The Morgan fingerprint density at radius 1 is 1.30 bits per heavy atom. The number of nitrogens with one attached hydrogen (secondary N) is 2. The number of nitriles is 1. The molecule has 2 unspecified atom stereocenters. The number of halogens is 3. The van der Waals surface area contributed by atoms with Gasteiger partial charge in [-0.05, 0) is 63.5 Å². The highest BCUT2D eigenvalue weighted by Crippen LogP contribution is 2.41. The molecular weight excluding hydrogens is 487 g/mol. The van der Waals surface area contributed by atoms with Crippen LogP contribution in [-0.4, -0.2) is 57.9 Å². The number of anilines is 1. The van der Waals surface area contributed by atoms with Crippen molar-refractivity contribution in [3.8, 4) is 17.6 Å². The van der Waals surface area contributed by atoms with Crippen molar-refractivity contribution in [2.24, 2.45) is 11.8 Å². The van der Waals surface area contributed by atoms with Crippen molar-refractivity contribution in [2.75, 3.05) is 25.5 Å². The lowest BCUT2D eigenvalue weighted by Gasteiger charge is -2.30. The van der Waals surface area contributed by atoms with Crippen LogP contribution in [0.2, 0.25) is 0 Å². The van der Waals surface area contributed by atoms with Crippen LogP contribution in [0.3, 0.4) is 0 Å². The number of hydrogen-bond donors (Lipinski definition) is 2. The summed E-state index contributed by atoms with van der Waals surface area (Å²) >= 11 is 0. The molecular formula is C25H28F3N7O2. The first-order chi connectivity index (χ1) is 17.7. The van der Waals surface area contributed by atoms with Gasteiger partial charge in [-0.25, -0.2) is 0 Å². The maximum Gasteiger partial charge on any atom is 0.406 e. The van der Waals surface area contributed by atoms with E-state index in [9.17, 15) is 18.0 Å². The van der Waals surface area contributed by atoms with Crippen molar-refractivity contribution in [1.82, 2.24) is 24.9 Å². The highest BCUT2D eigenvalue weighted by molar-refractivity contribution is 5.96. The second-order valence-corrected chi connectivity index (χ2v) is 9.89. The number of amides is 1. The summed E-state index contributed by atoms with van der Waals surface area (Å²) in [5, 5.41) is 19.5. The Bertz CT molecular complexity index is 1320. The van der Waals surface area contributed by atoms with E-state index in [4.69, 9.17) is 9.78 Å². The number of benzene rings is 1. The molecule has 2 aliphatic rings. The molecule has 37 heavy (non-hydrogen) atoms. The molecule has 3 aromatic rings. The molecule has 9 nitrogen and oxygen atoms in total. The van der Waals surface area contributed by atoms with Crippen LogP contribution in [0.4, 0.5) is 18.9 Å². The monoisotopic (exact) mass is 515 g/mol. The minimum atomic E-state index is -4.46. The molecule has 2 atom stereocenters. The molecule has 5 rings (SSSR count). The SMILES string of the molecule is CN1CCC(Nc2cccc3c2cc(-c2noc(CNC(=O)C4CC4CC#N)n2)n3CC(F)(F)F)CC1. The second kappa shape index (κ2) is 10.0. The molecule has 1 aliphatic heterocycles. The highest BCUT2D eigenvalue weighted by atomic mass is 19.4. The molecule has 2 fully saturated rings. The maximum absolute atomic E-state index is 13.6. The maximum atomic E-state index is 13.6. The number of hydrogen-bond acceptors (Lipinski definition) is 7. The van der Waals surface area contributed by atoms with Crippen LogP contribution in [0.25, 0.3) is 22.4 Å². The molecule has 1 saturated carbocycles. The summed E-state index contributed by atoms with van der Waals surface area (Å²) in [6, 6.07) is 9.21. The van der Waals surface area contributed by atoms with E-state index in [-0.39, 0.29) is 47.7 Å². The van der Waals surface area contributed by atoms with Gasteiger partial charge in [-0.3, -0.25) is 4.79 Å². The lowest BCUT2D eigenvalue weighted by molar-refractivity contribution is -0.139. The van der Waals surface area contributed by atoms with Gasteiger partial charge in [0.15, 0.2) is 0 Å². The number of aromatic nitrogens is 3. The summed E-state index contributed by atoms with van der Waals surface area (Å²) in [5.74, 6) is -0.223. The molecule has 0 radical (unpaired) electrons. The van der Waals surface area contributed by atoms with E-state index < -0.39 is 12.7 Å². The summed E-state index contributed by atoms with van der Waals surface area (Å²) in [5.41, 5.74) is 1.37. The van der Waals surface area contributed by atoms with E-state index in [1.807, 2.05) is 6.07 Å². The van der Waals surface area contributed by atoms with Crippen molar-refractivity contribution in [3.63, 3.8) is 0 Å². The lowest BCUT2D eigenvalue weighted by Crippen LogP contribution is -2.36. The normalized spacial score (nSPS) is 20.6. The van der Waals surface area contributed by atoms with Crippen LogP contribution < -0.4 is 10.6 Å². The topological polar surface area (TPSA) is 112 Å². The fourth-order valence-corrected chi connectivity index (χ4v) is 4.95. The number of nitrogens with zero attached hydrogens (tertiary/aromatic N) is 5. The molecule has 1 aromatic carbocycles. The number of alkyl halides is 3. The van der Waals surface area contributed by atoms with Gasteiger partial charge in [0.25, 0.3) is 0 Å². The van der Waals surface area contributed by atoms with Gasteiger partial charge in [0.05, 0.1) is 23.8 Å². The summed E-state index contributed by atoms with van der Waals surface area (Å²) in [6.07, 6.45) is -1.56. The van der Waals surface area contributed by atoms with Gasteiger partial charge >= 0.3 is 6.18 Å². The number of carbonyl (C=O) groups excluding carboxylic acids is 1. The van der Waals surface area contributed by atoms with Crippen LogP contribution in [0, 0.1) is 23.2 Å². The minimum absolute atomic E-state index is 0.0173. The summed E-state index contributed by atoms with van der Waals surface area (Å²) in [4.78, 5) is 18.8. The fourth-order valence-electron chi connectivity index (χ4n) is 4.95. The van der Waals surface area contributed by atoms with E-state index in [0.29, 0.717) is 23.7 Å². The van der Waals surface area contributed by atoms with Gasteiger partial charge in [0, 0.05) is 29.5 Å². The predicted molar refractivity (Wildman–Crippen MR) is 129 cm³/mol. The van der Waals surface area contributed by atoms with Gasteiger partial charge in [-0.2, -0.15) is 23.4 Å². The average Bonchev–Trinajstić information content (AvgIpc) is 3.30. The van der Waals surface area contributed by atoms with Gasteiger partial charge in [-0.1, -0.05) is 11.2 Å². The second-order valence-electron chi connectivity index (χ2n) is 9.89. The third-order valence-electron chi connectivity index (χ3n) is 7.09. The molecule has 0 bridgehead atoms. The fraction of sp³-hybridized carbons (Fsp3) is 0.520. The highest BCUT2D eigenvalue weighted by Gasteiger charge is 2.42. The predicted octanol–water partition coefficient (Wildman–Crippen LogP) is 3.93. The Balaban J connectivity index is 1.38. The quantitative estimate of drug-likeness (QED) is 0.468. The zero-order chi connectivity index (χ0) is 26.2. The zero-order valence-corrected chi connectivity index (χ0v) is 20.4. The van der Waals surface area contributed by atoms with Crippen LogP contribution in [0.5, 0.6) is 0 Å². The molecule has 196 valence electrons. The summed E-state index contributed by atoms with van der Waals surface area (Å²) < 4.78 is 47.1. The molecule has 12 heteroatoms. The first kappa shape index (κ1) is 25.1. The largest absolute Gasteiger partial charge is 0.406 e. The summed E-state index contributed by atoms with van der Waals surface area (Å²) in [6.45, 7) is 0.669. The van der Waals surface area contributed by atoms with E-state index in [2.05, 4.69) is 38.8 Å². The number of carbonyl (C=O) groups is 1. The standard InChI is InChI=1S/C25H28F3N7O2/c1-34-9-6-16(7-10-34)31-19-3-2-4-20-18(19)12-21(35(20)14-25(26,27)28)23-32-22(37-33-23)13-30-24(36)17-11-15(17)5-8-29/h2-4,12,15-17,31H,5-7,9-11,13-14H2,1H3,(H,30,36). The van der Waals surface area contributed by atoms with Crippen molar-refractivity contribution in [1.29, 1.82) is 5.26 Å². The third-order valence-corrected chi connectivity index (χ3v) is 7.09. The smallest absolute Gasteiger partial charge is 0.382 e. The van der Waals surface area contributed by atoms with E-state index in [1.54, 1.807) is 18.2 Å². The van der Waals surface area contributed by atoms with Crippen molar-refractivity contribution >= 4 is 22.5 Å².